The van der Waals surface area contributed by atoms with E-state index >= 15 is 0 Å². The van der Waals surface area contributed by atoms with E-state index in [0.717, 1.165) is 12.8 Å². The molecule has 1 atom stereocenters. The Morgan fingerprint density at radius 1 is 1.44 bits per heavy atom. The number of hydrogen-bond acceptors (Lipinski definition) is 4. The first-order valence-corrected chi connectivity index (χ1v) is 8.19. The fraction of sp³-hybridized carbons (Fsp3) is 0.917. The Kier molecular flexibility index (Phi) is 6.08. The van der Waals surface area contributed by atoms with Crippen LogP contribution in [0.4, 0.5) is 0 Å². The van der Waals surface area contributed by atoms with Crippen molar-refractivity contribution in [3.8, 4) is 0 Å². The molecule has 5 nitrogen and oxygen atoms in total. The number of carbonyl (C=O) groups is 1. The molecule has 0 radical (unpaired) electrons. The van der Waals surface area contributed by atoms with Gasteiger partial charge in [-0.05, 0) is 25.2 Å². The van der Waals surface area contributed by atoms with Crippen molar-refractivity contribution in [1.29, 1.82) is 0 Å². The first-order chi connectivity index (χ1) is 8.46. The Hall–Kier alpha value is -0.620. The van der Waals surface area contributed by atoms with Gasteiger partial charge in [0, 0.05) is 12.5 Å². The van der Waals surface area contributed by atoms with Gasteiger partial charge >= 0.3 is 5.97 Å². The molecule has 1 unspecified atom stereocenters. The highest BCUT2D eigenvalue weighted by Gasteiger charge is 2.26. The molecule has 0 spiro atoms. The molecule has 0 aromatic carbocycles. The SMILES string of the molecule is CCC(CC1CC1)NS(=O)(=O)CCCC(=O)OC. The van der Waals surface area contributed by atoms with E-state index in [1.807, 2.05) is 6.92 Å². The van der Waals surface area contributed by atoms with Gasteiger partial charge in [0.2, 0.25) is 10.0 Å². The van der Waals surface area contributed by atoms with Crippen molar-refractivity contribution in [3.63, 3.8) is 0 Å². The Labute approximate surface area is 109 Å². The van der Waals surface area contributed by atoms with Crippen molar-refractivity contribution in [2.75, 3.05) is 12.9 Å². The zero-order valence-electron chi connectivity index (χ0n) is 11.1. The summed E-state index contributed by atoms with van der Waals surface area (Å²) in [6, 6.07) is 0.0422. The van der Waals surface area contributed by atoms with Crippen LogP contribution in [0.5, 0.6) is 0 Å². The Balaban J connectivity index is 2.30. The Morgan fingerprint density at radius 3 is 2.61 bits per heavy atom. The van der Waals surface area contributed by atoms with Crippen LogP contribution >= 0.6 is 0 Å². The molecule has 106 valence electrons. The molecule has 1 rings (SSSR count). The lowest BCUT2D eigenvalue weighted by atomic mass is 10.1. The van der Waals surface area contributed by atoms with E-state index in [2.05, 4.69) is 9.46 Å². The van der Waals surface area contributed by atoms with Gasteiger partial charge in [0.25, 0.3) is 0 Å². The second-order valence-corrected chi connectivity index (χ2v) is 6.77. The topological polar surface area (TPSA) is 72.5 Å². The summed E-state index contributed by atoms with van der Waals surface area (Å²) < 4.78 is 30.8. The average Bonchev–Trinajstić information content (AvgIpc) is 3.11. The number of hydrogen-bond donors (Lipinski definition) is 1. The van der Waals surface area contributed by atoms with E-state index in [0.29, 0.717) is 12.3 Å². The molecule has 0 aliphatic heterocycles. The second kappa shape index (κ2) is 7.09. The highest BCUT2D eigenvalue weighted by atomic mass is 32.2. The fourth-order valence-corrected chi connectivity index (χ4v) is 3.29. The molecule has 0 heterocycles. The quantitative estimate of drug-likeness (QED) is 0.647. The minimum atomic E-state index is -3.27. The first kappa shape index (κ1) is 15.4. The van der Waals surface area contributed by atoms with Gasteiger partial charge in [-0.2, -0.15) is 0 Å². The number of nitrogens with one attached hydrogen (secondary N) is 1. The largest absolute Gasteiger partial charge is 0.469 e. The molecule has 6 heteroatoms. The number of sulfonamides is 1. The lowest BCUT2D eigenvalue weighted by Gasteiger charge is -2.16. The molecule has 1 aliphatic carbocycles. The summed E-state index contributed by atoms with van der Waals surface area (Å²) in [6.07, 6.45) is 4.65. The smallest absolute Gasteiger partial charge is 0.305 e. The minimum absolute atomic E-state index is 0.0106. The third kappa shape index (κ3) is 6.35. The first-order valence-electron chi connectivity index (χ1n) is 6.53. The number of carbonyl (C=O) groups excluding carboxylic acids is 1. The van der Waals surface area contributed by atoms with E-state index in [1.54, 1.807) is 0 Å². The van der Waals surface area contributed by atoms with Gasteiger partial charge in [-0.25, -0.2) is 13.1 Å². The predicted molar refractivity (Wildman–Crippen MR) is 69.6 cm³/mol. The van der Waals surface area contributed by atoms with Crippen molar-refractivity contribution >= 4 is 16.0 Å². The molecular weight excluding hydrogens is 254 g/mol. The van der Waals surface area contributed by atoms with Crippen LogP contribution in [0.25, 0.3) is 0 Å². The van der Waals surface area contributed by atoms with Crippen LogP contribution in [0.1, 0.15) is 45.4 Å². The van der Waals surface area contributed by atoms with E-state index in [1.165, 1.54) is 20.0 Å². The van der Waals surface area contributed by atoms with Crippen LogP contribution < -0.4 is 4.72 Å². The van der Waals surface area contributed by atoms with Gasteiger partial charge < -0.3 is 4.74 Å². The van der Waals surface area contributed by atoms with Gasteiger partial charge in [-0.1, -0.05) is 19.8 Å². The van der Waals surface area contributed by atoms with Gasteiger partial charge in [0.15, 0.2) is 0 Å². The summed E-state index contributed by atoms with van der Waals surface area (Å²) in [5.74, 6) is 0.325. The molecule has 1 fully saturated rings. The molecule has 0 aromatic rings. The van der Waals surface area contributed by atoms with Crippen molar-refractivity contribution in [3.05, 3.63) is 0 Å². The normalized spacial score (nSPS) is 17.4. The number of methoxy groups -OCH3 is 1. The molecule has 0 bridgehead atoms. The second-order valence-electron chi connectivity index (χ2n) is 4.90. The van der Waals surface area contributed by atoms with Crippen LogP contribution in [0.15, 0.2) is 0 Å². The summed E-state index contributed by atoms with van der Waals surface area (Å²) >= 11 is 0. The van der Waals surface area contributed by atoms with E-state index < -0.39 is 10.0 Å². The molecular formula is C12H23NO4S. The van der Waals surface area contributed by atoms with Gasteiger partial charge in [-0.3, -0.25) is 4.79 Å². The van der Waals surface area contributed by atoms with Crippen LogP contribution in [0.3, 0.4) is 0 Å². The van der Waals surface area contributed by atoms with Crippen LogP contribution in [0.2, 0.25) is 0 Å². The zero-order valence-corrected chi connectivity index (χ0v) is 12.0. The average molecular weight is 277 g/mol. The van der Waals surface area contributed by atoms with Crippen LogP contribution in [0, 0.1) is 5.92 Å². The molecule has 1 saturated carbocycles. The lowest BCUT2D eigenvalue weighted by molar-refractivity contribution is -0.140. The standard InChI is InChI=1S/C12H23NO4S/c1-3-11(9-10-6-7-10)13-18(15,16)8-4-5-12(14)17-2/h10-11,13H,3-9H2,1-2H3. The summed E-state index contributed by atoms with van der Waals surface area (Å²) in [5.41, 5.74) is 0. The van der Waals surface area contributed by atoms with Gasteiger partial charge in [0.1, 0.15) is 0 Å². The number of ether oxygens (including phenoxy) is 1. The third-order valence-electron chi connectivity index (χ3n) is 3.18. The zero-order chi connectivity index (χ0) is 13.6. The molecule has 0 aromatic heterocycles. The predicted octanol–water partition coefficient (Wildman–Crippen LogP) is 1.44. The highest BCUT2D eigenvalue weighted by Crippen LogP contribution is 2.34. The Bertz CT molecular complexity index is 362. The fourth-order valence-electron chi connectivity index (χ4n) is 1.88. The Morgan fingerprint density at radius 2 is 2.11 bits per heavy atom. The minimum Gasteiger partial charge on any atom is -0.469 e. The number of esters is 1. The maximum absolute atomic E-state index is 11.8. The summed E-state index contributed by atoms with van der Waals surface area (Å²) in [4.78, 5) is 10.9. The summed E-state index contributed by atoms with van der Waals surface area (Å²) in [5, 5.41) is 0. The maximum Gasteiger partial charge on any atom is 0.305 e. The highest BCUT2D eigenvalue weighted by molar-refractivity contribution is 7.89. The van der Waals surface area contributed by atoms with E-state index in [9.17, 15) is 13.2 Å². The monoisotopic (exact) mass is 277 g/mol. The van der Waals surface area contributed by atoms with Crippen molar-refractivity contribution in [2.24, 2.45) is 5.92 Å². The summed E-state index contributed by atoms with van der Waals surface area (Å²) in [6.45, 7) is 1.99. The van der Waals surface area contributed by atoms with Gasteiger partial charge in [-0.15, -0.1) is 0 Å². The number of rotatable bonds is 9. The van der Waals surface area contributed by atoms with Crippen molar-refractivity contribution in [1.82, 2.24) is 4.72 Å². The molecule has 18 heavy (non-hydrogen) atoms. The van der Waals surface area contributed by atoms with Crippen molar-refractivity contribution in [2.45, 2.75) is 51.5 Å². The maximum atomic E-state index is 11.8. The van der Waals surface area contributed by atoms with E-state index in [4.69, 9.17) is 0 Å². The van der Waals surface area contributed by atoms with Gasteiger partial charge in [0.05, 0.1) is 12.9 Å². The molecule has 1 aliphatic rings. The van der Waals surface area contributed by atoms with Crippen LogP contribution in [-0.2, 0) is 19.6 Å². The third-order valence-corrected chi connectivity index (χ3v) is 4.69. The van der Waals surface area contributed by atoms with Crippen LogP contribution in [-0.4, -0.2) is 33.3 Å². The molecule has 0 amide bonds. The van der Waals surface area contributed by atoms with E-state index in [-0.39, 0.29) is 24.2 Å². The molecule has 1 N–H and O–H groups in total. The lowest BCUT2D eigenvalue weighted by Crippen LogP contribution is -2.36. The summed E-state index contributed by atoms with van der Waals surface area (Å²) in [7, 11) is -1.97. The molecule has 0 saturated heterocycles. The van der Waals surface area contributed by atoms with Crippen molar-refractivity contribution < 1.29 is 17.9 Å².